The summed E-state index contributed by atoms with van der Waals surface area (Å²) in [6, 6.07) is 16.8. The molecule has 2 heterocycles. The minimum absolute atomic E-state index is 0.251. The fraction of sp³-hybridized carbons (Fsp3) is 0.100. The minimum atomic E-state index is -0.303. The average Bonchev–Trinajstić information content (AvgIpc) is 3.26. The first-order valence-corrected chi connectivity index (χ1v) is 8.93. The van der Waals surface area contributed by atoms with Gasteiger partial charge < -0.3 is 14.5 Å². The molecule has 1 N–H and O–H groups in total. The molecular weight excluding hydrogens is 348 g/mol. The van der Waals surface area contributed by atoms with Crippen molar-refractivity contribution in [3.8, 4) is 5.75 Å². The summed E-state index contributed by atoms with van der Waals surface area (Å²) in [6.07, 6.45) is 1.49. The summed E-state index contributed by atoms with van der Waals surface area (Å²) in [7, 11) is 0. The van der Waals surface area contributed by atoms with E-state index in [9.17, 15) is 4.79 Å². The number of aryl methyl sites for hydroxylation is 1. The maximum atomic E-state index is 12.6. The number of thiazole rings is 1. The summed E-state index contributed by atoms with van der Waals surface area (Å²) < 4.78 is 12.1. The van der Waals surface area contributed by atoms with Crippen molar-refractivity contribution in [3.05, 3.63) is 77.2 Å². The van der Waals surface area contributed by atoms with E-state index in [4.69, 9.17) is 9.15 Å². The highest BCUT2D eigenvalue weighted by molar-refractivity contribution is 7.18. The first-order valence-electron chi connectivity index (χ1n) is 8.12. The van der Waals surface area contributed by atoms with E-state index < -0.39 is 0 Å². The van der Waals surface area contributed by atoms with Crippen LogP contribution in [0.1, 0.15) is 21.1 Å². The zero-order valence-corrected chi connectivity index (χ0v) is 14.9. The molecule has 6 heteroatoms. The molecule has 0 saturated carbocycles. The molecule has 130 valence electrons. The van der Waals surface area contributed by atoms with Crippen molar-refractivity contribution in [2.75, 3.05) is 5.32 Å². The number of hydrogen-bond acceptors (Lipinski definition) is 5. The van der Waals surface area contributed by atoms with Crippen LogP contribution in [0.5, 0.6) is 5.75 Å². The summed E-state index contributed by atoms with van der Waals surface area (Å²) in [5.41, 5.74) is 2.33. The van der Waals surface area contributed by atoms with Gasteiger partial charge >= 0.3 is 0 Å². The molecule has 0 spiro atoms. The van der Waals surface area contributed by atoms with E-state index in [-0.39, 0.29) is 18.3 Å². The van der Waals surface area contributed by atoms with E-state index >= 15 is 0 Å². The molecule has 0 aliphatic rings. The second kappa shape index (κ2) is 7.01. The molecule has 4 aromatic rings. The number of aromatic nitrogens is 1. The van der Waals surface area contributed by atoms with Crippen LogP contribution < -0.4 is 10.1 Å². The largest absolute Gasteiger partial charge is 0.489 e. The van der Waals surface area contributed by atoms with Gasteiger partial charge in [-0.2, -0.15) is 0 Å². The zero-order chi connectivity index (χ0) is 17.9. The van der Waals surface area contributed by atoms with E-state index in [2.05, 4.69) is 10.3 Å². The lowest BCUT2D eigenvalue weighted by Crippen LogP contribution is -2.13. The lowest BCUT2D eigenvalue weighted by molar-refractivity contribution is 0.0993. The maximum Gasteiger partial charge on any atom is 0.291 e. The molecule has 0 aliphatic heterocycles. The second-order valence-corrected chi connectivity index (χ2v) is 6.98. The second-order valence-electron chi connectivity index (χ2n) is 5.75. The van der Waals surface area contributed by atoms with E-state index in [0.717, 1.165) is 21.0 Å². The van der Waals surface area contributed by atoms with Gasteiger partial charge in [-0.05, 0) is 43.3 Å². The Bertz CT molecular complexity index is 1050. The smallest absolute Gasteiger partial charge is 0.291 e. The zero-order valence-electron chi connectivity index (χ0n) is 14.1. The highest BCUT2D eigenvalue weighted by Gasteiger charge is 2.16. The summed E-state index contributed by atoms with van der Waals surface area (Å²) in [5.74, 6) is 0.690. The van der Waals surface area contributed by atoms with Crippen LogP contribution in [-0.2, 0) is 6.61 Å². The molecule has 0 radical (unpaired) electrons. The van der Waals surface area contributed by atoms with E-state index in [0.29, 0.717) is 11.3 Å². The van der Waals surface area contributed by atoms with Crippen molar-refractivity contribution in [2.45, 2.75) is 13.5 Å². The Hall–Kier alpha value is -3.12. The van der Waals surface area contributed by atoms with Crippen molar-refractivity contribution in [1.29, 1.82) is 0 Å². The number of ether oxygens (including phenoxy) is 1. The number of carbonyl (C=O) groups is 1. The molecule has 5 nitrogen and oxygen atoms in total. The number of nitrogens with zero attached hydrogens (tertiary/aromatic N) is 1. The lowest BCUT2D eigenvalue weighted by Gasteiger charge is -2.07. The fourth-order valence-electron chi connectivity index (χ4n) is 2.63. The van der Waals surface area contributed by atoms with Crippen LogP contribution in [-0.4, -0.2) is 10.9 Å². The first kappa shape index (κ1) is 16.4. The Balaban J connectivity index is 1.48. The highest BCUT2D eigenvalue weighted by atomic mass is 32.1. The summed E-state index contributed by atoms with van der Waals surface area (Å²) in [6.45, 7) is 2.22. The molecule has 0 unspecified atom stereocenters. The Morgan fingerprint density at radius 2 is 2.04 bits per heavy atom. The number of furan rings is 1. The number of anilines is 1. The molecule has 0 atom stereocenters. The minimum Gasteiger partial charge on any atom is -0.489 e. The van der Waals surface area contributed by atoms with Crippen molar-refractivity contribution >= 4 is 33.1 Å². The van der Waals surface area contributed by atoms with Gasteiger partial charge in [0.25, 0.3) is 5.91 Å². The third-order valence-electron chi connectivity index (χ3n) is 3.84. The summed E-state index contributed by atoms with van der Waals surface area (Å²) in [4.78, 5) is 17.0. The normalized spacial score (nSPS) is 10.8. The first-order chi connectivity index (χ1) is 12.7. The van der Waals surface area contributed by atoms with Gasteiger partial charge in [0.2, 0.25) is 0 Å². The Kier molecular flexibility index (Phi) is 4.41. The van der Waals surface area contributed by atoms with Crippen molar-refractivity contribution < 1.29 is 13.9 Å². The van der Waals surface area contributed by atoms with Gasteiger partial charge in [0.15, 0.2) is 5.76 Å². The molecule has 0 saturated heterocycles. The number of fused-ring (bicyclic) bond motifs is 1. The van der Waals surface area contributed by atoms with E-state index in [1.807, 2.05) is 55.5 Å². The van der Waals surface area contributed by atoms with Crippen LogP contribution in [0.3, 0.4) is 0 Å². The van der Waals surface area contributed by atoms with Gasteiger partial charge in [-0.25, -0.2) is 4.98 Å². The van der Waals surface area contributed by atoms with Crippen LogP contribution in [0.15, 0.2) is 65.3 Å². The van der Waals surface area contributed by atoms with Crippen molar-refractivity contribution in [2.24, 2.45) is 0 Å². The Labute approximate surface area is 154 Å². The van der Waals surface area contributed by atoms with Crippen molar-refractivity contribution in [1.82, 2.24) is 4.98 Å². The van der Waals surface area contributed by atoms with E-state index in [1.54, 1.807) is 17.4 Å². The van der Waals surface area contributed by atoms with Gasteiger partial charge in [0, 0.05) is 11.3 Å². The van der Waals surface area contributed by atoms with Crippen LogP contribution in [0, 0.1) is 6.92 Å². The van der Waals surface area contributed by atoms with Gasteiger partial charge in [-0.15, -0.1) is 11.3 Å². The predicted octanol–water partition coefficient (Wildman–Crippen LogP) is 5.03. The highest BCUT2D eigenvalue weighted by Crippen LogP contribution is 2.25. The van der Waals surface area contributed by atoms with Crippen LogP contribution in [0.2, 0.25) is 0 Å². The Morgan fingerprint density at radius 1 is 1.19 bits per heavy atom. The molecule has 2 aromatic heterocycles. The molecule has 0 bridgehead atoms. The SMILES string of the molecule is Cc1nc2ccc(NC(=O)c3occc3COc3ccccc3)cc2s1. The van der Waals surface area contributed by atoms with E-state index in [1.165, 1.54) is 6.26 Å². The quantitative estimate of drug-likeness (QED) is 0.539. The van der Waals surface area contributed by atoms with Crippen LogP contribution >= 0.6 is 11.3 Å². The molecule has 0 aliphatic carbocycles. The standard InChI is InChI=1S/C20H16N2O3S/c1-13-21-17-8-7-15(11-18(17)26-13)22-20(23)19-14(9-10-24-19)12-25-16-5-3-2-4-6-16/h2-11H,12H2,1H3,(H,22,23). The topological polar surface area (TPSA) is 64.4 Å². The van der Waals surface area contributed by atoms with Crippen molar-refractivity contribution in [3.63, 3.8) is 0 Å². The third-order valence-corrected chi connectivity index (χ3v) is 4.78. The number of carbonyl (C=O) groups excluding carboxylic acids is 1. The number of amides is 1. The molecule has 1 amide bonds. The number of rotatable bonds is 5. The maximum absolute atomic E-state index is 12.6. The number of hydrogen-bond donors (Lipinski definition) is 1. The van der Waals surface area contributed by atoms with Crippen LogP contribution in [0.25, 0.3) is 10.2 Å². The van der Waals surface area contributed by atoms with Gasteiger partial charge in [-0.3, -0.25) is 4.79 Å². The number of nitrogens with one attached hydrogen (secondary N) is 1. The van der Waals surface area contributed by atoms with Gasteiger partial charge in [0.1, 0.15) is 12.4 Å². The number of benzene rings is 2. The Morgan fingerprint density at radius 3 is 2.88 bits per heavy atom. The van der Waals surface area contributed by atoms with Gasteiger partial charge in [-0.1, -0.05) is 18.2 Å². The average molecular weight is 364 g/mol. The van der Waals surface area contributed by atoms with Crippen LogP contribution in [0.4, 0.5) is 5.69 Å². The third kappa shape index (κ3) is 3.45. The predicted molar refractivity (Wildman–Crippen MR) is 102 cm³/mol. The number of para-hydroxylation sites is 1. The molecule has 26 heavy (non-hydrogen) atoms. The molecule has 4 rings (SSSR count). The summed E-state index contributed by atoms with van der Waals surface area (Å²) >= 11 is 1.59. The summed E-state index contributed by atoms with van der Waals surface area (Å²) in [5, 5.41) is 3.87. The van der Waals surface area contributed by atoms with Gasteiger partial charge in [0.05, 0.1) is 21.5 Å². The molecular formula is C20H16N2O3S. The molecule has 2 aromatic carbocycles. The monoisotopic (exact) mass is 364 g/mol. The fourth-order valence-corrected chi connectivity index (χ4v) is 3.50. The lowest BCUT2D eigenvalue weighted by atomic mass is 10.2. The molecule has 0 fully saturated rings.